The van der Waals surface area contributed by atoms with Gasteiger partial charge in [-0.15, -0.1) is 11.8 Å². The number of rotatable bonds is 4. The Balaban J connectivity index is 1.84. The zero-order valence-electron chi connectivity index (χ0n) is 13.7. The SMILES string of the molecule is COc1ccc(OC)c([C@H]2SCCN2C(=O)Nc2ccccc2)c1. The van der Waals surface area contributed by atoms with E-state index in [0.717, 1.165) is 28.5 Å². The molecule has 0 saturated carbocycles. The molecule has 1 fully saturated rings. The minimum absolute atomic E-state index is 0.0984. The van der Waals surface area contributed by atoms with E-state index in [1.54, 1.807) is 26.0 Å². The molecule has 1 heterocycles. The van der Waals surface area contributed by atoms with Gasteiger partial charge in [-0.25, -0.2) is 4.79 Å². The van der Waals surface area contributed by atoms with Gasteiger partial charge in [-0.3, -0.25) is 0 Å². The molecule has 1 atom stereocenters. The second-order valence-corrected chi connectivity index (χ2v) is 6.51. The largest absolute Gasteiger partial charge is 0.497 e. The summed E-state index contributed by atoms with van der Waals surface area (Å²) in [5.74, 6) is 2.39. The number of methoxy groups -OCH3 is 2. The molecule has 1 saturated heterocycles. The van der Waals surface area contributed by atoms with E-state index < -0.39 is 0 Å². The minimum atomic E-state index is -0.110. The molecular weight excluding hydrogens is 324 g/mol. The van der Waals surface area contributed by atoms with Gasteiger partial charge in [0.1, 0.15) is 16.9 Å². The highest BCUT2D eigenvalue weighted by molar-refractivity contribution is 7.99. The van der Waals surface area contributed by atoms with Crippen molar-refractivity contribution >= 4 is 23.5 Å². The first-order valence-corrected chi connectivity index (χ1v) is 8.74. The van der Waals surface area contributed by atoms with Gasteiger partial charge in [0, 0.05) is 23.5 Å². The summed E-state index contributed by atoms with van der Waals surface area (Å²) < 4.78 is 10.8. The van der Waals surface area contributed by atoms with Crippen LogP contribution in [0.5, 0.6) is 11.5 Å². The Kier molecular flexibility index (Phi) is 5.15. The van der Waals surface area contributed by atoms with Crippen LogP contribution in [0.3, 0.4) is 0 Å². The number of ether oxygens (including phenoxy) is 2. The Bertz CT molecular complexity index is 709. The fourth-order valence-corrected chi connectivity index (χ4v) is 3.95. The number of nitrogens with zero attached hydrogens (tertiary/aromatic N) is 1. The standard InChI is InChI=1S/C18H20N2O3S/c1-22-14-8-9-16(23-2)15(12-14)17-20(10-11-24-17)18(21)19-13-6-4-3-5-7-13/h3-9,12,17H,10-11H2,1-2H3,(H,19,21)/t17-/m1/s1. The van der Waals surface area contributed by atoms with Crippen molar-refractivity contribution in [3.63, 3.8) is 0 Å². The number of hydrogen-bond donors (Lipinski definition) is 1. The Morgan fingerprint density at radius 1 is 1.17 bits per heavy atom. The van der Waals surface area contributed by atoms with E-state index in [2.05, 4.69) is 5.32 Å². The number of thioether (sulfide) groups is 1. The van der Waals surface area contributed by atoms with Crippen LogP contribution >= 0.6 is 11.8 Å². The quantitative estimate of drug-likeness (QED) is 0.911. The van der Waals surface area contributed by atoms with E-state index in [4.69, 9.17) is 9.47 Å². The molecule has 0 bridgehead atoms. The summed E-state index contributed by atoms with van der Waals surface area (Å²) in [5.41, 5.74) is 1.73. The average molecular weight is 344 g/mol. The van der Waals surface area contributed by atoms with Gasteiger partial charge in [0.2, 0.25) is 0 Å². The fourth-order valence-electron chi connectivity index (χ4n) is 2.68. The molecule has 1 aliphatic heterocycles. The normalized spacial score (nSPS) is 16.8. The van der Waals surface area contributed by atoms with Gasteiger partial charge >= 0.3 is 6.03 Å². The lowest BCUT2D eigenvalue weighted by Gasteiger charge is -2.26. The topological polar surface area (TPSA) is 50.8 Å². The second kappa shape index (κ2) is 7.49. The van der Waals surface area contributed by atoms with Gasteiger partial charge in [0.25, 0.3) is 0 Å². The number of carbonyl (C=O) groups excluding carboxylic acids is 1. The van der Waals surface area contributed by atoms with Gasteiger partial charge in [-0.05, 0) is 30.3 Å². The number of hydrogen-bond acceptors (Lipinski definition) is 4. The molecule has 0 aliphatic carbocycles. The lowest BCUT2D eigenvalue weighted by molar-refractivity contribution is 0.213. The van der Waals surface area contributed by atoms with Crippen molar-refractivity contribution in [1.29, 1.82) is 0 Å². The fraction of sp³-hybridized carbons (Fsp3) is 0.278. The molecule has 0 radical (unpaired) electrons. The summed E-state index contributed by atoms with van der Waals surface area (Å²) in [6.45, 7) is 0.689. The first kappa shape index (κ1) is 16.5. The first-order valence-electron chi connectivity index (χ1n) is 7.69. The maximum Gasteiger partial charge on any atom is 0.323 e. The average Bonchev–Trinajstić information content (AvgIpc) is 3.11. The molecule has 0 unspecified atom stereocenters. The molecule has 0 aromatic heterocycles. The highest BCUT2D eigenvalue weighted by Gasteiger charge is 2.33. The molecule has 5 nitrogen and oxygen atoms in total. The van der Waals surface area contributed by atoms with Crippen molar-refractivity contribution in [3.05, 3.63) is 54.1 Å². The number of urea groups is 1. The summed E-state index contributed by atoms with van der Waals surface area (Å²) in [4.78, 5) is 14.5. The Morgan fingerprint density at radius 3 is 2.67 bits per heavy atom. The summed E-state index contributed by atoms with van der Waals surface area (Å²) in [7, 11) is 3.27. The summed E-state index contributed by atoms with van der Waals surface area (Å²) in [5, 5.41) is 2.85. The second-order valence-electron chi connectivity index (χ2n) is 5.32. The molecule has 0 spiro atoms. The molecule has 2 aromatic carbocycles. The van der Waals surface area contributed by atoms with Crippen LogP contribution in [-0.2, 0) is 0 Å². The predicted octanol–water partition coefficient (Wildman–Crippen LogP) is 3.98. The van der Waals surface area contributed by atoms with E-state index in [-0.39, 0.29) is 11.4 Å². The zero-order valence-corrected chi connectivity index (χ0v) is 14.5. The Labute approximate surface area is 145 Å². The molecule has 2 aromatic rings. The summed E-state index contributed by atoms with van der Waals surface area (Å²) in [6, 6.07) is 15.0. The molecule has 1 aliphatic rings. The molecule has 1 N–H and O–H groups in total. The lowest BCUT2D eigenvalue weighted by Crippen LogP contribution is -2.34. The zero-order chi connectivity index (χ0) is 16.9. The molecular formula is C18H20N2O3S. The van der Waals surface area contributed by atoms with Crippen LogP contribution in [0.1, 0.15) is 10.9 Å². The number of nitrogens with one attached hydrogen (secondary N) is 1. The van der Waals surface area contributed by atoms with Crippen molar-refractivity contribution < 1.29 is 14.3 Å². The molecule has 6 heteroatoms. The Morgan fingerprint density at radius 2 is 1.96 bits per heavy atom. The van der Waals surface area contributed by atoms with E-state index in [9.17, 15) is 4.79 Å². The number of carbonyl (C=O) groups is 1. The van der Waals surface area contributed by atoms with Crippen LogP contribution in [0.15, 0.2) is 48.5 Å². The molecule has 126 valence electrons. The van der Waals surface area contributed by atoms with E-state index in [0.29, 0.717) is 6.54 Å². The molecule has 24 heavy (non-hydrogen) atoms. The number of para-hydroxylation sites is 1. The maximum absolute atomic E-state index is 12.7. The van der Waals surface area contributed by atoms with E-state index >= 15 is 0 Å². The van der Waals surface area contributed by atoms with Crippen LogP contribution in [-0.4, -0.2) is 37.4 Å². The van der Waals surface area contributed by atoms with Crippen LogP contribution in [0.2, 0.25) is 0 Å². The van der Waals surface area contributed by atoms with Crippen LogP contribution in [0, 0.1) is 0 Å². The smallest absolute Gasteiger partial charge is 0.323 e. The van der Waals surface area contributed by atoms with Gasteiger partial charge in [-0.2, -0.15) is 0 Å². The van der Waals surface area contributed by atoms with Crippen LogP contribution in [0.4, 0.5) is 10.5 Å². The van der Waals surface area contributed by atoms with Crippen molar-refractivity contribution in [1.82, 2.24) is 4.90 Å². The monoisotopic (exact) mass is 344 g/mol. The van der Waals surface area contributed by atoms with Crippen molar-refractivity contribution in [3.8, 4) is 11.5 Å². The van der Waals surface area contributed by atoms with E-state index in [1.165, 1.54) is 0 Å². The van der Waals surface area contributed by atoms with Crippen molar-refractivity contribution in [2.75, 3.05) is 31.8 Å². The van der Waals surface area contributed by atoms with E-state index in [1.807, 2.05) is 53.4 Å². The van der Waals surface area contributed by atoms with Gasteiger partial charge < -0.3 is 19.7 Å². The third-order valence-corrected chi connectivity index (χ3v) is 5.12. The lowest BCUT2D eigenvalue weighted by atomic mass is 10.1. The highest BCUT2D eigenvalue weighted by Crippen LogP contribution is 2.43. The van der Waals surface area contributed by atoms with Gasteiger partial charge in [0.05, 0.1) is 14.2 Å². The Hall–Kier alpha value is -2.34. The van der Waals surface area contributed by atoms with Crippen molar-refractivity contribution in [2.24, 2.45) is 0 Å². The van der Waals surface area contributed by atoms with Gasteiger partial charge in [-0.1, -0.05) is 18.2 Å². The van der Waals surface area contributed by atoms with Crippen molar-refractivity contribution in [2.45, 2.75) is 5.37 Å². The highest BCUT2D eigenvalue weighted by atomic mass is 32.2. The third kappa shape index (κ3) is 3.43. The number of anilines is 1. The molecule has 2 amide bonds. The summed E-state index contributed by atoms with van der Waals surface area (Å²) in [6.07, 6.45) is 0. The molecule has 3 rings (SSSR count). The van der Waals surface area contributed by atoms with Crippen LogP contribution in [0.25, 0.3) is 0 Å². The predicted molar refractivity (Wildman–Crippen MR) is 96.9 cm³/mol. The van der Waals surface area contributed by atoms with Crippen LogP contribution < -0.4 is 14.8 Å². The summed E-state index contributed by atoms with van der Waals surface area (Å²) >= 11 is 1.72. The third-order valence-electron chi connectivity index (χ3n) is 3.88. The number of amides is 2. The van der Waals surface area contributed by atoms with Gasteiger partial charge in [0.15, 0.2) is 0 Å². The number of benzene rings is 2. The maximum atomic E-state index is 12.7. The minimum Gasteiger partial charge on any atom is -0.497 e. The first-order chi connectivity index (χ1) is 11.7.